The van der Waals surface area contributed by atoms with Crippen LogP contribution in [-0.2, 0) is 0 Å². The molecular formula is C14H17N3OS. The van der Waals surface area contributed by atoms with Gasteiger partial charge < -0.3 is 10.6 Å². The van der Waals surface area contributed by atoms with Crippen molar-refractivity contribution in [3.05, 3.63) is 45.9 Å². The predicted molar refractivity (Wildman–Crippen MR) is 78.2 cm³/mol. The Morgan fingerprint density at radius 2 is 2.26 bits per heavy atom. The van der Waals surface area contributed by atoms with E-state index in [-0.39, 0.29) is 11.9 Å². The highest BCUT2D eigenvalue weighted by molar-refractivity contribution is 7.10. The summed E-state index contributed by atoms with van der Waals surface area (Å²) in [4.78, 5) is 19.4. The first kappa shape index (κ1) is 13.5. The number of hydrogen-bond acceptors (Lipinski definition) is 4. The number of pyridine rings is 1. The van der Waals surface area contributed by atoms with Crippen molar-refractivity contribution in [2.45, 2.75) is 19.9 Å². The number of aromatic nitrogens is 1. The molecule has 0 aliphatic rings. The van der Waals surface area contributed by atoms with Gasteiger partial charge in [0.1, 0.15) is 0 Å². The smallest absolute Gasteiger partial charge is 0.257 e. The Morgan fingerprint density at radius 3 is 2.84 bits per heavy atom. The number of amides is 1. The minimum Gasteiger partial charge on any atom is -0.398 e. The molecule has 0 spiro atoms. The highest BCUT2D eigenvalue weighted by Gasteiger charge is 2.21. The van der Waals surface area contributed by atoms with Crippen LogP contribution in [0.3, 0.4) is 0 Å². The summed E-state index contributed by atoms with van der Waals surface area (Å²) in [6, 6.07) is 5.75. The number of carbonyl (C=O) groups excluding carboxylic acids is 1. The number of anilines is 1. The van der Waals surface area contributed by atoms with Crippen LogP contribution >= 0.6 is 11.3 Å². The second-order valence-corrected chi connectivity index (χ2v) is 5.50. The zero-order chi connectivity index (χ0) is 14.0. The third-order valence-electron chi connectivity index (χ3n) is 3.16. The fourth-order valence-electron chi connectivity index (χ4n) is 1.85. The largest absolute Gasteiger partial charge is 0.398 e. The normalized spacial score (nSPS) is 12.2. The van der Waals surface area contributed by atoms with E-state index in [0.717, 1.165) is 10.6 Å². The fraction of sp³-hybridized carbons (Fsp3) is 0.286. The summed E-state index contributed by atoms with van der Waals surface area (Å²) in [5.41, 5.74) is 7.63. The molecule has 1 amide bonds. The van der Waals surface area contributed by atoms with E-state index in [9.17, 15) is 4.79 Å². The number of nitrogens with zero attached hydrogens (tertiary/aromatic N) is 2. The van der Waals surface area contributed by atoms with Crippen molar-refractivity contribution in [1.82, 2.24) is 9.88 Å². The molecule has 2 N–H and O–H groups in total. The summed E-state index contributed by atoms with van der Waals surface area (Å²) in [6.07, 6.45) is 1.55. The van der Waals surface area contributed by atoms with Crippen LogP contribution in [0.25, 0.3) is 0 Å². The van der Waals surface area contributed by atoms with E-state index in [2.05, 4.69) is 4.98 Å². The number of thiophene rings is 1. The molecule has 2 heterocycles. The maximum atomic E-state index is 12.4. The zero-order valence-electron chi connectivity index (χ0n) is 11.3. The van der Waals surface area contributed by atoms with Crippen LogP contribution in [-0.4, -0.2) is 22.8 Å². The van der Waals surface area contributed by atoms with Crippen molar-refractivity contribution in [3.63, 3.8) is 0 Å². The Bertz CT molecular complexity index is 580. The molecule has 2 rings (SSSR count). The van der Waals surface area contributed by atoms with E-state index in [0.29, 0.717) is 11.3 Å². The van der Waals surface area contributed by atoms with Crippen LogP contribution in [0.15, 0.2) is 29.8 Å². The van der Waals surface area contributed by atoms with Gasteiger partial charge in [0, 0.05) is 29.5 Å². The molecule has 0 fully saturated rings. The lowest BCUT2D eigenvalue weighted by atomic mass is 10.1. The lowest BCUT2D eigenvalue weighted by Gasteiger charge is -2.24. The summed E-state index contributed by atoms with van der Waals surface area (Å²) in [5.74, 6) is -0.106. The standard InChI is InChI=1S/C14H17N3OS/c1-9-7-12(15)11(8-16-9)14(18)17(3)10(2)13-5-4-6-19-13/h4-8,10H,1-3H3,(H2,15,16). The maximum absolute atomic E-state index is 12.4. The van der Waals surface area contributed by atoms with Crippen LogP contribution in [0.4, 0.5) is 5.69 Å². The van der Waals surface area contributed by atoms with Gasteiger partial charge >= 0.3 is 0 Å². The van der Waals surface area contributed by atoms with Crippen LogP contribution < -0.4 is 5.73 Å². The highest BCUT2D eigenvalue weighted by atomic mass is 32.1. The van der Waals surface area contributed by atoms with Crippen molar-refractivity contribution in [3.8, 4) is 0 Å². The van der Waals surface area contributed by atoms with Crippen molar-refractivity contribution in [1.29, 1.82) is 0 Å². The van der Waals surface area contributed by atoms with E-state index in [1.165, 1.54) is 0 Å². The van der Waals surface area contributed by atoms with Gasteiger partial charge in [-0.05, 0) is 31.4 Å². The second kappa shape index (κ2) is 5.40. The Balaban J connectivity index is 2.24. The third-order valence-corrected chi connectivity index (χ3v) is 4.20. The molecule has 2 aromatic heterocycles. The summed E-state index contributed by atoms with van der Waals surface area (Å²) >= 11 is 1.64. The molecule has 0 bridgehead atoms. The van der Waals surface area contributed by atoms with Crippen LogP contribution in [0, 0.1) is 6.92 Å². The Labute approximate surface area is 116 Å². The lowest BCUT2D eigenvalue weighted by molar-refractivity contribution is 0.0745. The molecule has 100 valence electrons. The second-order valence-electron chi connectivity index (χ2n) is 4.52. The maximum Gasteiger partial charge on any atom is 0.257 e. The molecule has 0 aliphatic heterocycles. The van der Waals surface area contributed by atoms with Gasteiger partial charge in [-0.15, -0.1) is 11.3 Å². The Kier molecular flexibility index (Phi) is 3.85. The number of aryl methyl sites for hydroxylation is 1. The van der Waals surface area contributed by atoms with Gasteiger partial charge in [-0.3, -0.25) is 9.78 Å². The summed E-state index contributed by atoms with van der Waals surface area (Å²) in [7, 11) is 1.78. The quantitative estimate of drug-likeness (QED) is 0.937. The molecule has 0 saturated heterocycles. The molecule has 0 aliphatic carbocycles. The SMILES string of the molecule is Cc1cc(N)c(C(=O)N(C)C(C)c2cccs2)cn1. The molecule has 1 atom stereocenters. The molecule has 0 radical (unpaired) electrons. The van der Waals surface area contributed by atoms with Crippen molar-refractivity contribution in [2.75, 3.05) is 12.8 Å². The van der Waals surface area contributed by atoms with E-state index >= 15 is 0 Å². The first-order valence-electron chi connectivity index (χ1n) is 6.03. The molecule has 4 nitrogen and oxygen atoms in total. The van der Waals surface area contributed by atoms with Crippen LogP contribution in [0.5, 0.6) is 0 Å². The minimum absolute atomic E-state index is 0.0215. The number of nitrogens with two attached hydrogens (primary N) is 1. The molecule has 1 unspecified atom stereocenters. The summed E-state index contributed by atoms with van der Waals surface area (Å²) in [6.45, 7) is 3.85. The molecule has 5 heteroatoms. The van der Waals surface area contributed by atoms with Gasteiger partial charge in [0.05, 0.1) is 11.6 Å². The van der Waals surface area contributed by atoms with Gasteiger partial charge in [-0.2, -0.15) is 0 Å². The fourth-order valence-corrected chi connectivity index (χ4v) is 2.67. The average Bonchev–Trinajstić information content (AvgIpc) is 2.90. The summed E-state index contributed by atoms with van der Waals surface area (Å²) in [5, 5.41) is 2.01. The minimum atomic E-state index is -0.106. The molecular weight excluding hydrogens is 258 g/mol. The summed E-state index contributed by atoms with van der Waals surface area (Å²) < 4.78 is 0. The van der Waals surface area contributed by atoms with E-state index < -0.39 is 0 Å². The lowest BCUT2D eigenvalue weighted by Crippen LogP contribution is -2.30. The zero-order valence-corrected chi connectivity index (χ0v) is 12.1. The van der Waals surface area contributed by atoms with Crippen molar-refractivity contribution in [2.24, 2.45) is 0 Å². The third kappa shape index (κ3) is 2.76. The first-order valence-corrected chi connectivity index (χ1v) is 6.91. The van der Waals surface area contributed by atoms with E-state index in [1.807, 2.05) is 31.4 Å². The van der Waals surface area contributed by atoms with Gasteiger partial charge in [-0.1, -0.05) is 6.07 Å². The van der Waals surface area contributed by atoms with Gasteiger partial charge in [0.15, 0.2) is 0 Å². The molecule has 19 heavy (non-hydrogen) atoms. The molecule has 0 aromatic carbocycles. The Morgan fingerprint density at radius 1 is 1.53 bits per heavy atom. The monoisotopic (exact) mass is 275 g/mol. The Hall–Kier alpha value is -1.88. The number of hydrogen-bond donors (Lipinski definition) is 1. The van der Waals surface area contributed by atoms with Gasteiger partial charge in [0.2, 0.25) is 0 Å². The van der Waals surface area contributed by atoms with Crippen molar-refractivity contribution >= 4 is 22.9 Å². The van der Waals surface area contributed by atoms with E-state index in [1.54, 1.807) is 35.5 Å². The van der Waals surface area contributed by atoms with Crippen LogP contribution in [0.1, 0.15) is 33.9 Å². The van der Waals surface area contributed by atoms with Crippen molar-refractivity contribution < 1.29 is 4.79 Å². The topological polar surface area (TPSA) is 59.2 Å². The molecule has 2 aromatic rings. The van der Waals surface area contributed by atoms with E-state index in [4.69, 9.17) is 5.73 Å². The van der Waals surface area contributed by atoms with Crippen LogP contribution in [0.2, 0.25) is 0 Å². The number of carbonyl (C=O) groups is 1. The number of rotatable bonds is 3. The highest BCUT2D eigenvalue weighted by Crippen LogP contribution is 2.25. The van der Waals surface area contributed by atoms with Gasteiger partial charge in [-0.25, -0.2) is 0 Å². The van der Waals surface area contributed by atoms with Gasteiger partial charge in [0.25, 0.3) is 5.91 Å². The average molecular weight is 275 g/mol. The molecule has 0 saturated carbocycles. The predicted octanol–water partition coefficient (Wildman–Crippen LogP) is 2.87. The number of nitrogen functional groups attached to an aromatic ring is 1. The first-order chi connectivity index (χ1) is 9.00.